The van der Waals surface area contributed by atoms with E-state index in [0.717, 1.165) is 24.3 Å². The van der Waals surface area contributed by atoms with Crippen LogP contribution in [0.25, 0.3) is 0 Å². The molecule has 0 aliphatic rings. The number of anilines is 1. The first-order chi connectivity index (χ1) is 9.61. The zero-order valence-electron chi connectivity index (χ0n) is 11.7. The van der Waals surface area contributed by atoms with E-state index < -0.39 is 11.1 Å². The highest BCUT2D eigenvalue weighted by Crippen LogP contribution is 2.08. The summed E-state index contributed by atoms with van der Waals surface area (Å²) < 4.78 is 2.64. The zero-order chi connectivity index (χ0) is 14.5. The molecular formula is C14H18N4O2. The predicted octanol–water partition coefficient (Wildman–Crippen LogP) is 0.812. The van der Waals surface area contributed by atoms with Crippen molar-refractivity contribution >= 4 is 5.69 Å². The molecule has 0 fully saturated rings. The molecule has 0 aliphatic carbocycles. The van der Waals surface area contributed by atoms with Gasteiger partial charge in [-0.1, -0.05) is 6.92 Å². The average Bonchev–Trinajstić information content (AvgIpc) is 2.46. The Morgan fingerprint density at radius 2 is 2.05 bits per heavy atom. The van der Waals surface area contributed by atoms with Crippen LogP contribution in [0.5, 0.6) is 0 Å². The highest BCUT2D eigenvalue weighted by Gasteiger charge is 2.04. The minimum atomic E-state index is -0.538. The van der Waals surface area contributed by atoms with Crippen molar-refractivity contribution in [1.29, 1.82) is 0 Å². The number of aromatic nitrogens is 3. The fourth-order valence-corrected chi connectivity index (χ4v) is 1.83. The second kappa shape index (κ2) is 6.18. The van der Waals surface area contributed by atoms with Crippen molar-refractivity contribution in [2.24, 2.45) is 7.05 Å². The zero-order valence-corrected chi connectivity index (χ0v) is 11.7. The van der Waals surface area contributed by atoms with Gasteiger partial charge in [-0.05, 0) is 18.6 Å². The maximum absolute atomic E-state index is 11.8. The lowest BCUT2D eigenvalue weighted by atomic mass is 10.3. The Hall–Kier alpha value is -2.37. The van der Waals surface area contributed by atoms with Crippen molar-refractivity contribution in [3.63, 3.8) is 0 Å². The minimum Gasteiger partial charge on any atom is -0.385 e. The molecule has 0 aliphatic heterocycles. The van der Waals surface area contributed by atoms with E-state index in [9.17, 15) is 9.59 Å². The molecule has 0 saturated heterocycles. The summed E-state index contributed by atoms with van der Waals surface area (Å²) in [5, 5.41) is 3.26. The molecule has 20 heavy (non-hydrogen) atoms. The standard InChI is InChI=1S/C14H18N4O2/c1-3-5-15-11-4-6-16-12(9-11)10-18-8-7-17(2)13(19)14(18)20/h4,6-9H,3,5,10H2,1-2H3,(H,15,16). The van der Waals surface area contributed by atoms with Crippen molar-refractivity contribution in [2.75, 3.05) is 11.9 Å². The normalized spacial score (nSPS) is 10.5. The summed E-state index contributed by atoms with van der Waals surface area (Å²) >= 11 is 0. The van der Waals surface area contributed by atoms with E-state index in [1.54, 1.807) is 25.6 Å². The summed E-state index contributed by atoms with van der Waals surface area (Å²) in [6, 6.07) is 3.77. The van der Waals surface area contributed by atoms with Gasteiger partial charge in [-0.15, -0.1) is 0 Å². The van der Waals surface area contributed by atoms with Crippen molar-refractivity contribution in [3.8, 4) is 0 Å². The summed E-state index contributed by atoms with van der Waals surface area (Å²) in [5.41, 5.74) is 0.631. The molecule has 0 bridgehead atoms. The SMILES string of the molecule is CCCNc1ccnc(Cn2ccn(C)c(=O)c2=O)c1. The van der Waals surface area contributed by atoms with Crippen LogP contribution in [0.2, 0.25) is 0 Å². The number of nitrogens with one attached hydrogen (secondary N) is 1. The molecule has 2 aromatic heterocycles. The van der Waals surface area contributed by atoms with E-state index >= 15 is 0 Å². The third-order valence-electron chi connectivity index (χ3n) is 2.96. The van der Waals surface area contributed by atoms with Crippen LogP contribution in [0.3, 0.4) is 0 Å². The van der Waals surface area contributed by atoms with Crippen molar-refractivity contribution in [1.82, 2.24) is 14.1 Å². The molecule has 2 heterocycles. The third kappa shape index (κ3) is 3.14. The van der Waals surface area contributed by atoms with Gasteiger partial charge in [0.25, 0.3) is 0 Å². The van der Waals surface area contributed by atoms with E-state index in [1.165, 1.54) is 9.13 Å². The number of rotatable bonds is 5. The maximum Gasteiger partial charge on any atom is 0.316 e. The van der Waals surface area contributed by atoms with Gasteiger partial charge in [0.2, 0.25) is 0 Å². The third-order valence-corrected chi connectivity index (χ3v) is 2.96. The molecule has 0 aromatic carbocycles. The lowest BCUT2D eigenvalue weighted by Crippen LogP contribution is -2.39. The Morgan fingerprint density at radius 3 is 2.80 bits per heavy atom. The van der Waals surface area contributed by atoms with Crippen LogP contribution >= 0.6 is 0 Å². The smallest absolute Gasteiger partial charge is 0.316 e. The summed E-state index contributed by atoms with van der Waals surface area (Å²) in [4.78, 5) is 27.6. The van der Waals surface area contributed by atoms with E-state index in [-0.39, 0.29) is 6.54 Å². The predicted molar refractivity (Wildman–Crippen MR) is 78.1 cm³/mol. The summed E-state index contributed by atoms with van der Waals surface area (Å²) in [6.07, 6.45) is 5.89. The molecule has 0 amide bonds. The van der Waals surface area contributed by atoms with Crippen LogP contribution in [0.4, 0.5) is 5.69 Å². The van der Waals surface area contributed by atoms with Crippen molar-refractivity contribution in [3.05, 3.63) is 57.1 Å². The molecular weight excluding hydrogens is 256 g/mol. The van der Waals surface area contributed by atoms with Crippen LogP contribution in [0.1, 0.15) is 19.0 Å². The quantitative estimate of drug-likeness (QED) is 0.819. The summed E-state index contributed by atoms with van der Waals surface area (Å²) in [5.74, 6) is 0. The Bertz CT molecular complexity index is 703. The van der Waals surface area contributed by atoms with Gasteiger partial charge in [0, 0.05) is 37.9 Å². The second-order valence-electron chi connectivity index (χ2n) is 4.61. The van der Waals surface area contributed by atoms with E-state index in [1.807, 2.05) is 12.1 Å². The van der Waals surface area contributed by atoms with Gasteiger partial charge in [0.1, 0.15) is 0 Å². The molecule has 0 unspecified atom stereocenters. The van der Waals surface area contributed by atoms with Gasteiger partial charge >= 0.3 is 11.1 Å². The van der Waals surface area contributed by atoms with Gasteiger partial charge in [0.15, 0.2) is 0 Å². The lowest BCUT2D eigenvalue weighted by molar-refractivity contribution is 0.684. The van der Waals surface area contributed by atoms with E-state index in [2.05, 4.69) is 17.2 Å². The summed E-state index contributed by atoms with van der Waals surface area (Å²) in [6.45, 7) is 3.26. The molecule has 1 N–H and O–H groups in total. The molecule has 6 heteroatoms. The molecule has 2 rings (SSSR count). The van der Waals surface area contributed by atoms with Crippen LogP contribution < -0.4 is 16.4 Å². The van der Waals surface area contributed by atoms with Gasteiger partial charge in [-0.3, -0.25) is 14.6 Å². The number of aryl methyl sites for hydroxylation is 1. The number of hydrogen-bond acceptors (Lipinski definition) is 4. The van der Waals surface area contributed by atoms with Crippen molar-refractivity contribution < 1.29 is 0 Å². The second-order valence-corrected chi connectivity index (χ2v) is 4.61. The Morgan fingerprint density at radius 1 is 1.25 bits per heavy atom. The lowest BCUT2D eigenvalue weighted by Gasteiger charge is -2.08. The molecule has 0 radical (unpaired) electrons. The largest absolute Gasteiger partial charge is 0.385 e. The monoisotopic (exact) mass is 274 g/mol. The Balaban J connectivity index is 2.24. The Kier molecular flexibility index (Phi) is 4.34. The molecule has 0 spiro atoms. The average molecular weight is 274 g/mol. The van der Waals surface area contributed by atoms with Crippen LogP contribution in [0.15, 0.2) is 40.3 Å². The van der Waals surface area contributed by atoms with Gasteiger partial charge in [-0.2, -0.15) is 0 Å². The van der Waals surface area contributed by atoms with E-state index in [4.69, 9.17) is 0 Å². The molecule has 106 valence electrons. The number of hydrogen-bond donors (Lipinski definition) is 1. The topological polar surface area (TPSA) is 68.9 Å². The van der Waals surface area contributed by atoms with Crippen LogP contribution in [-0.2, 0) is 13.6 Å². The van der Waals surface area contributed by atoms with Gasteiger partial charge < -0.3 is 14.5 Å². The maximum atomic E-state index is 11.8. The van der Waals surface area contributed by atoms with Gasteiger partial charge in [0.05, 0.1) is 12.2 Å². The first-order valence-corrected chi connectivity index (χ1v) is 6.56. The molecule has 0 saturated carbocycles. The number of pyridine rings is 1. The van der Waals surface area contributed by atoms with Crippen LogP contribution in [0, 0.1) is 0 Å². The fraction of sp³-hybridized carbons (Fsp3) is 0.357. The first kappa shape index (κ1) is 14.0. The highest BCUT2D eigenvalue weighted by atomic mass is 16.2. The fourth-order valence-electron chi connectivity index (χ4n) is 1.83. The van der Waals surface area contributed by atoms with Crippen LogP contribution in [-0.4, -0.2) is 20.7 Å². The minimum absolute atomic E-state index is 0.288. The first-order valence-electron chi connectivity index (χ1n) is 6.56. The van der Waals surface area contributed by atoms with Gasteiger partial charge in [-0.25, -0.2) is 0 Å². The van der Waals surface area contributed by atoms with E-state index in [0.29, 0.717) is 0 Å². The number of nitrogens with zero attached hydrogens (tertiary/aromatic N) is 3. The molecule has 2 aromatic rings. The highest BCUT2D eigenvalue weighted by molar-refractivity contribution is 5.43. The summed E-state index contributed by atoms with van der Waals surface area (Å²) in [7, 11) is 1.56. The molecule has 0 atom stereocenters. The van der Waals surface area contributed by atoms with Crippen molar-refractivity contribution in [2.45, 2.75) is 19.9 Å². The Labute approximate surface area is 116 Å². The molecule has 6 nitrogen and oxygen atoms in total.